The zero-order chi connectivity index (χ0) is 19.7. The van der Waals surface area contributed by atoms with Gasteiger partial charge in [0.25, 0.3) is 5.91 Å². The Morgan fingerprint density at radius 1 is 1.18 bits per heavy atom. The van der Waals surface area contributed by atoms with Crippen LogP contribution < -0.4 is 0 Å². The van der Waals surface area contributed by atoms with Crippen molar-refractivity contribution >= 4 is 23.2 Å². The SMILES string of the molecule is Cc1ccc(C(=O)N2CCc3c(c(CCC(=O)N4CCOCC4)nn3C)C2)s1. The van der Waals surface area contributed by atoms with Crippen molar-refractivity contribution in [2.75, 3.05) is 32.8 Å². The van der Waals surface area contributed by atoms with E-state index < -0.39 is 0 Å². The number of amides is 2. The molecule has 0 radical (unpaired) electrons. The first-order valence-electron chi connectivity index (χ1n) is 9.78. The van der Waals surface area contributed by atoms with Crippen LogP contribution in [-0.4, -0.2) is 64.2 Å². The standard InChI is InChI=1S/C20H26N4O3S/c1-14-3-5-18(28-14)20(26)24-8-7-17-15(13-24)16(21-22(17)2)4-6-19(25)23-9-11-27-12-10-23/h3,5H,4,6-13H2,1-2H3. The maximum absolute atomic E-state index is 12.9. The molecule has 4 rings (SSSR count). The van der Waals surface area contributed by atoms with Crippen LogP contribution in [0.2, 0.25) is 0 Å². The summed E-state index contributed by atoms with van der Waals surface area (Å²) in [5, 5.41) is 4.67. The number of carbonyl (C=O) groups is 2. The summed E-state index contributed by atoms with van der Waals surface area (Å²) in [5.74, 6) is 0.239. The van der Waals surface area contributed by atoms with Gasteiger partial charge in [0.2, 0.25) is 5.91 Å². The van der Waals surface area contributed by atoms with Gasteiger partial charge in [-0.3, -0.25) is 14.3 Å². The van der Waals surface area contributed by atoms with Gasteiger partial charge in [-0.2, -0.15) is 5.10 Å². The average molecular weight is 403 g/mol. The normalized spacial score (nSPS) is 16.9. The number of hydrogen-bond acceptors (Lipinski definition) is 5. The second kappa shape index (κ2) is 8.05. The first-order valence-corrected chi connectivity index (χ1v) is 10.6. The summed E-state index contributed by atoms with van der Waals surface area (Å²) in [7, 11) is 1.95. The van der Waals surface area contributed by atoms with Crippen LogP contribution in [0, 0.1) is 6.92 Å². The molecule has 2 aromatic rings. The maximum atomic E-state index is 12.9. The third-order valence-electron chi connectivity index (χ3n) is 5.50. The van der Waals surface area contributed by atoms with Crippen LogP contribution in [0.15, 0.2) is 12.1 Å². The highest BCUT2D eigenvalue weighted by atomic mass is 32.1. The Morgan fingerprint density at radius 3 is 2.68 bits per heavy atom. The summed E-state index contributed by atoms with van der Waals surface area (Å²) in [6.45, 7) is 5.85. The van der Waals surface area contributed by atoms with Crippen LogP contribution in [0.1, 0.15) is 37.9 Å². The molecule has 0 N–H and O–H groups in total. The van der Waals surface area contributed by atoms with E-state index in [4.69, 9.17) is 4.74 Å². The number of thiophene rings is 1. The van der Waals surface area contributed by atoms with Crippen LogP contribution in [0.5, 0.6) is 0 Å². The van der Waals surface area contributed by atoms with E-state index >= 15 is 0 Å². The fraction of sp³-hybridized carbons (Fsp3) is 0.550. The lowest BCUT2D eigenvalue weighted by Gasteiger charge is -2.28. The molecule has 2 aromatic heterocycles. The Morgan fingerprint density at radius 2 is 1.96 bits per heavy atom. The van der Waals surface area contributed by atoms with Crippen LogP contribution in [0.3, 0.4) is 0 Å². The van der Waals surface area contributed by atoms with Gasteiger partial charge in [-0.05, 0) is 19.1 Å². The number of ether oxygens (including phenoxy) is 1. The molecule has 150 valence electrons. The average Bonchev–Trinajstić information content (AvgIpc) is 3.29. The lowest BCUT2D eigenvalue weighted by molar-refractivity contribution is -0.135. The van der Waals surface area contributed by atoms with E-state index in [0.29, 0.717) is 52.2 Å². The van der Waals surface area contributed by atoms with Crippen molar-refractivity contribution in [3.05, 3.63) is 38.8 Å². The van der Waals surface area contributed by atoms with Crippen molar-refractivity contribution in [1.29, 1.82) is 0 Å². The first-order chi connectivity index (χ1) is 13.5. The number of fused-ring (bicyclic) bond motifs is 1. The molecule has 2 amide bonds. The van der Waals surface area contributed by atoms with Crippen molar-refractivity contribution in [2.24, 2.45) is 7.05 Å². The van der Waals surface area contributed by atoms with Gasteiger partial charge in [0.1, 0.15) is 0 Å². The number of aromatic nitrogens is 2. The van der Waals surface area contributed by atoms with Crippen molar-refractivity contribution in [3.8, 4) is 0 Å². The highest BCUT2D eigenvalue weighted by molar-refractivity contribution is 7.13. The highest BCUT2D eigenvalue weighted by Gasteiger charge is 2.28. The minimum Gasteiger partial charge on any atom is -0.378 e. The zero-order valence-electron chi connectivity index (χ0n) is 16.4. The maximum Gasteiger partial charge on any atom is 0.264 e. The van der Waals surface area contributed by atoms with E-state index in [1.807, 2.05) is 40.6 Å². The number of rotatable bonds is 4. The summed E-state index contributed by atoms with van der Waals surface area (Å²) < 4.78 is 7.23. The van der Waals surface area contributed by atoms with Crippen molar-refractivity contribution in [2.45, 2.75) is 32.7 Å². The lowest BCUT2D eigenvalue weighted by Crippen LogP contribution is -2.40. The topological polar surface area (TPSA) is 67.7 Å². The summed E-state index contributed by atoms with van der Waals surface area (Å²) in [6, 6.07) is 3.89. The fourth-order valence-electron chi connectivity index (χ4n) is 3.95. The van der Waals surface area contributed by atoms with Gasteiger partial charge in [-0.1, -0.05) is 0 Å². The van der Waals surface area contributed by atoms with Gasteiger partial charge in [0.05, 0.1) is 23.8 Å². The number of hydrogen-bond donors (Lipinski definition) is 0. The number of carbonyl (C=O) groups excluding carboxylic acids is 2. The summed E-state index contributed by atoms with van der Waals surface area (Å²) in [5.41, 5.74) is 3.24. The molecule has 0 aromatic carbocycles. The van der Waals surface area contributed by atoms with Gasteiger partial charge in [-0.25, -0.2) is 0 Å². The second-order valence-corrected chi connectivity index (χ2v) is 8.66. The van der Waals surface area contributed by atoms with Crippen molar-refractivity contribution < 1.29 is 14.3 Å². The third kappa shape index (κ3) is 3.84. The lowest BCUT2D eigenvalue weighted by atomic mass is 10.0. The molecule has 0 atom stereocenters. The largest absolute Gasteiger partial charge is 0.378 e. The Kier molecular flexibility index (Phi) is 5.50. The Balaban J connectivity index is 1.45. The molecule has 4 heterocycles. The van der Waals surface area contributed by atoms with E-state index in [1.165, 1.54) is 17.0 Å². The van der Waals surface area contributed by atoms with Gasteiger partial charge in [-0.15, -0.1) is 11.3 Å². The van der Waals surface area contributed by atoms with Crippen LogP contribution in [-0.2, 0) is 36.0 Å². The molecule has 2 aliphatic rings. The Labute approximate surface area is 168 Å². The smallest absolute Gasteiger partial charge is 0.264 e. The predicted octanol–water partition coefficient (Wildman–Crippen LogP) is 1.78. The third-order valence-corrected chi connectivity index (χ3v) is 6.49. The molecule has 0 spiro atoms. The zero-order valence-corrected chi connectivity index (χ0v) is 17.3. The van der Waals surface area contributed by atoms with Crippen molar-refractivity contribution in [3.63, 3.8) is 0 Å². The van der Waals surface area contributed by atoms with Crippen LogP contribution >= 0.6 is 11.3 Å². The predicted molar refractivity (Wildman–Crippen MR) is 106 cm³/mol. The number of aryl methyl sites for hydroxylation is 3. The summed E-state index contributed by atoms with van der Waals surface area (Å²) in [6.07, 6.45) is 1.85. The molecule has 8 heteroatoms. The Bertz CT molecular complexity index is 882. The van der Waals surface area contributed by atoms with Gasteiger partial charge < -0.3 is 14.5 Å². The van der Waals surface area contributed by atoms with E-state index in [-0.39, 0.29) is 11.8 Å². The molecule has 0 saturated carbocycles. The molecule has 7 nitrogen and oxygen atoms in total. The van der Waals surface area contributed by atoms with Crippen LogP contribution in [0.25, 0.3) is 0 Å². The monoisotopic (exact) mass is 402 g/mol. The molecule has 0 bridgehead atoms. The fourth-order valence-corrected chi connectivity index (χ4v) is 4.78. The van der Waals surface area contributed by atoms with E-state index in [2.05, 4.69) is 5.10 Å². The molecular formula is C20H26N4O3S. The first kappa shape index (κ1) is 19.1. The van der Waals surface area contributed by atoms with Gasteiger partial charge in [0, 0.05) is 68.6 Å². The molecule has 0 unspecified atom stereocenters. The highest BCUT2D eigenvalue weighted by Crippen LogP contribution is 2.26. The molecular weight excluding hydrogens is 376 g/mol. The molecule has 1 saturated heterocycles. The number of morpholine rings is 1. The van der Waals surface area contributed by atoms with Crippen molar-refractivity contribution in [1.82, 2.24) is 19.6 Å². The second-order valence-electron chi connectivity index (χ2n) is 7.38. The molecule has 0 aliphatic carbocycles. The molecule has 1 fully saturated rings. The number of nitrogens with zero attached hydrogens (tertiary/aromatic N) is 4. The van der Waals surface area contributed by atoms with E-state index in [1.54, 1.807) is 0 Å². The van der Waals surface area contributed by atoms with Crippen LogP contribution in [0.4, 0.5) is 0 Å². The Hall–Kier alpha value is -2.19. The summed E-state index contributed by atoms with van der Waals surface area (Å²) in [4.78, 5) is 31.0. The van der Waals surface area contributed by atoms with E-state index in [0.717, 1.165) is 27.4 Å². The quantitative estimate of drug-likeness (QED) is 0.782. The molecule has 2 aliphatic heterocycles. The molecule has 28 heavy (non-hydrogen) atoms. The van der Waals surface area contributed by atoms with E-state index in [9.17, 15) is 9.59 Å². The summed E-state index contributed by atoms with van der Waals surface area (Å²) >= 11 is 1.54. The minimum absolute atomic E-state index is 0.0861. The minimum atomic E-state index is 0.0861. The van der Waals surface area contributed by atoms with Gasteiger partial charge >= 0.3 is 0 Å². The van der Waals surface area contributed by atoms with Gasteiger partial charge in [0.15, 0.2) is 0 Å².